The average Bonchev–Trinajstić information content (AvgIpc) is 3.92. The summed E-state index contributed by atoms with van der Waals surface area (Å²) in [4.78, 5) is 66.5. The molecule has 1 aliphatic carbocycles. The first-order valence-corrected chi connectivity index (χ1v) is 21.9. The highest BCUT2D eigenvalue weighted by Gasteiger charge is 2.53. The van der Waals surface area contributed by atoms with Gasteiger partial charge in [0.05, 0.1) is 48.0 Å². The number of aromatic nitrogens is 4. The monoisotopic (exact) mass is 875 g/mol. The SMILES string of the molecule is C=Cc1c(C)c2cc3nc(cc4[nH]c(cc5nc(cc1[nH]2)C(C)=C5CCC(=O)N(C)CCN(C)C)c(CCC(O)N(C)CCN(C)C)c4C)[C@@]1(C)C3=CC=C(C(=O)OC)[C@H]1C(=O)OC. The summed E-state index contributed by atoms with van der Waals surface area (Å²) in [6.45, 7) is 15.1. The third kappa shape index (κ3) is 9.42. The lowest BCUT2D eigenvalue weighted by molar-refractivity contribution is -0.149. The molecule has 3 aromatic rings. The van der Waals surface area contributed by atoms with Gasteiger partial charge < -0.3 is 39.2 Å². The standard InChI is InChI=1S/C50H66N8O6/c1-14-32-29(2)38-26-43-36-18-15-35(48(61)63-12)47(49(62)64-13)50(36,5)44(54-43)28-39-31(4)34(17-20-46(60)58(11)24-22-56(8)9)42(53-39)27-41-33(30(3)37(52-41)25-40(32)51-38)16-19-45(59)57(10)23-21-55(6)7/h14-15,18,25-28,46-47,51,53,60H,1,16-17,19-24H2,2-13H3/t46?,47-,50+/m0/s1. The molecule has 14 nitrogen and oxygen atoms in total. The lowest BCUT2D eigenvalue weighted by Crippen LogP contribution is -2.42. The van der Waals surface area contributed by atoms with Crippen LogP contribution in [0.3, 0.4) is 0 Å². The minimum Gasteiger partial charge on any atom is -0.469 e. The highest BCUT2D eigenvalue weighted by Crippen LogP contribution is 2.52. The van der Waals surface area contributed by atoms with E-state index in [-0.39, 0.29) is 11.5 Å². The summed E-state index contributed by atoms with van der Waals surface area (Å²) >= 11 is 0. The van der Waals surface area contributed by atoms with Crippen LogP contribution in [-0.4, -0.2) is 151 Å². The summed E-state index contributed by atoms with van der Waals surface area (Å²) in [5, 5.41) is 11.4. The van der Waals surface area contributed by atoms with Crippen LogP contribution < -0.4 is 0 Å². The number of fused-ring (bicyclic) bond motifs is 11. The Labute approximate surface area is 377 Å². The van der Waals surface area contributed by atoms with Crippen molar-refractivity contribution in [2.24, 2.45) is 5.92 Å². The molecule has 0 aromatic carbocycles. The van der Waals surface area contributed by atoms with E-state index in [1.54, 1.807) is 11.0 Å². The second-order valence-corrected chi connectivity index (χ2v) is 18.0. The second-order valence-electron chi connectivity index (χ2n) is 18.0. The first-order valence-electron chi connectivity index (χ1n) is 21.9. The summed E-state index contributed by atoms with van der Waals surface area (Å²) < 4.78 is 10.6. The fraction of sp³-hybridized carbons (Fsp3) is 0.460. The van der Waals surface area contributed by atoms with E-state index in [9.17, 15) is 19.5 Å². The topological polar surface area (TPSA) is 160 Å². The van der Waals surface area contributed by atoms with Gasteiger partial charge in [-0.2, -0.15) is 0 Å². The van der Waals surface area contributed by atoms with Crippen LogP contribution in [0.5, 0.6) is 0 Å². The predicted octanol–water partition coefficient (Wildman–Crippen LogP) is 6.29. The molecule has 0 fully saturated rings. The van der Waals surface area contributed by atoms with Crippen molar-refractivity contribution < 1.29 is 29.0 Å². The number of esters is 2. The number of ether oxygens (including phenoxy) is 2. The number of carbonyl (C=O) groups excluding carboxylic acids is 3. The zero-order valence-corrected chi connectivity index (χ0v) is 39.7. The maximum absolute atomic E-state index is 13.9. The summed E-state index contributed by atoms with van der Waals surface area (Å²) in [7, 11) is 14.4. The number of H-pyrrole nitrogens is 2. The van der Waals surface area contributed by atoms with Crippen LogP contribution in [0.1, 0.15) is 78.1 Å². The molecule has 3 atom stereocenters. The summed E-state index contributed by atoms with van der Waals surface area (Å²) in [5.74, 6) is -2.23. The van der Waals surface area contributed by atoms with Crippen LogP contribution in [0.2, 0.25) is 0 Å². The van der Waals surface area contributed by atoms with E-state index in [1.165, 1.54) is 14.2 Å². The number of carbonyl (C=O) groups is 3. The Morgan fingerprint density at radius 3 is 2.11 bits per heavy atom. The van der Waals surface area contributed by atoms with Gasteiger partial charge in [-0.15, -0.1) is 0 Å². The zero-order chi connectivity index (χ0) is 46.8. The molecular weight excluding hydrogens is 809 g/mol. The number of nitrogens with one attached hydrogen (secondary N) is 2. The van der Waals surface area contributed by atoms with Gasteiger partial charge in [-0.05, 0) is 140 Å². The number of rotatable bonds is 16. The van der Waals surface area contributed by atoms with Gasteiger partial charge in [0, 0.05) is 67.3 Å². The van der Waals surface area contributed by atoms with E-state index in [0.29, 0.717) is 50.2 Å². The lowest BCUT2D eigenvalue weighted by Gasteiger charge is -2.36. The van der Waals surface area contributed by atoms with Gasteiger partial charge in [0.2, 0.25) is 5.91 Å². The minimum absolute atomic E-state index is 0.0560. The Bertz CT molecular complexity index is 2600. The molecule has 0 radical (unpaired) electrons. The normalized spacial score (nSPS) is 17.7. The molecule has 6 rings (SSSR count). The number of likely N-dealkylation sites (N-methyl/N-ethyl adjacent to an activating group) is 4. The van der Waals surface area contributed by atoms with E-state index in [4.69, 9.17) is 19.4 Å². The molecule has 64 heavy (non-hydrogen) atoms. The largest absolute Gasteiger partial charge is 0.469 e. The maximum Gasteiger partial charge on any atom is 0.334 e. The van der Waals surface area contributed by atoms with Crippen LogP contribution in [0.15, 0.2) is 48.6 Å². The van der Waals surface area contributed by atoms with Crippen molar-refractivity contribution in [3.8, 4) is 0 Å². The van der Waals surface area contributed by atoms with Crippen LogP contribution in [-0.2, 0) is 35.7 Å². The average molecular weight is 875 g/mol. The van der Waals surface area contributed by atoms with Gasteiger partial charge >= 0.3 is 11.9 Å². The lowest BCUT2D eigenvalue weighted by atomic mass is 9.64. The highest BCUT2D eigenvalue weighted by atomic mass is 16.5. The molecule has 1 unspecified atom stereocenters. The molecule has 3 aromatic heterocycles. The molecule has 5 heterocycles. The second kappa shape index (κ2) is 19.6. The molecule has 8 bridgehead atoms. The molecule has 3 aliphatic rings. The van der Waals surface area contributed by atoms with E-state index < -0.39 is 29.5 Å². The Morgan fingerprint density at radius 2 is 1.45 bits per heavy atom. The van der Waals surface area contributed by atoms with E-state index >= 15 is 0 Å². The van der Waals surface area contributed by atoms with Crippen molar-refractivity contribution in [2.75, 3.05) is 82.7 Å². The fourth-order valence-corrected chi connectivity index (χ4v) is 9.02. The molecule has 14 heteroatoms. The number of aryl methyl sites for hydroxylation is 3. The predicted molar refractivity (Wildman–Crippen MR) is 255 cm³/mol. The van der Waals surface area contributed by atoms with Gasteiger partial charge in [0.1, 0.15) is 12.1 Å². The van der Waals surface area contributed by atoms with Crippen molar-refractivity contribution in [3.63, 3.8) is 0 Å². The molecule has 342 valence electrons. The summed E-state index contributed by atoms with van der Waals surface area (Å²) in [6, 6.07) is 8.02. The number of aromatic amines is 2. The Hall–Kier alpha value is -5.67. The third-order valence-electron chi connectivity index (χ3n) is 13.3. The maximum atomic E-state index is 13.9. The van der Waals surface area contributed by atoms with Gasteiger partial charge in [-0.3, -0.25) is 19.5 Å². The van der Waals surface area contributed by atoms with Crippen molar-refractivity contribution in [3.05, 3.63) is 93.6 Å². The molecule has 2 aliphatic heterocycles. The van der Waals surface area contributed by atoms with Gasteiger partial charge in [0.15, 0.2) is 0 Å². The van der Waals surface area contributed by atoms with Gasteiger partial charge in [-0.25, -0.2) is 9.78 Å². The Balaban J connectivity index is 1.64. The number of hydrogen-bond acceptors (Lipinski definition) is 11. The first kappa shape index (κ1) is 47.8. The highest BCUT2D eigenvalue weighted by molar-refractivity contribution is 6.02. The van der Waals surface area contributed by atoms with Crippen molar-refractivity contribution in [1.29, 1.82) is 0 Å². The van der Waals surface area contributed by atoms with E-state index in [1.807, 2.05) is 98.3 Å². The molecular formula is C50H66N8O6. The van der Waals surface area contributed by atoms with Crippen molar-refractivity contribution in [2.45, 2.75) is 65.0 Å². The van der Waals surface area contributed by atoms with Crippen molar-refractivity contribution >= 4 is 62.7 Å². The molecule has 1 amide bonds. The third-order valence-corrected chi connectivity index (χ3v) is 13.3. The minimum atomic E-state index is -1.15. The van der Waals surface area contributed by atoms with E-state index in [2.05, 4.69) is 39.3 Å². The number of nitrogens with zero attached hydrogens (tertiary/aromatic N) is 6. The van der Waals surface area contributed by atoms with Crippen LogP contribution in [0.25, 0.3) is 44.9 Å². The van der Waals surface area contributed by atoms with Gasteiger partial charge in [0.25, 0.3) is 0 Å². The van der Waals surface area contributed by atoms with Gasteiger partial charge in [-0.1, -0.05) is 24.8 Å². The molecule has 0 saturated carbocycles. The number of hydrogen-bond donors (Lipinski definition) is 3. The Kier molecular flexibility index (Phi) is 14.6. The number of allylic oxidation sites excluding steroid dienone is 5. The summed E-state index contributed by atoms with van der Waals surface area (Å²) in [6.07, 6.45) is 6.40. The smallest absolute Gasteiger partial charge is 0.334 e. The van der Waals surface area contributed by atoms with Crippen molar-refractivity contribution in [1.82, 2.24) is 39.5 Å². The molecule has 0 spiro atoms. The zero-order valence-electron chi connectivity index (χ0n) is 39.7. The number of amides is 1. The van der Waals surface area contributed by atoms with Crippen LogP contribution in [0, 0.1) is 19.8 Å². The molecule has 3 N–H and O–H groups in total. The number of aliphatic hydroxyl groups excluding tert-OH is 1. The van der Waals surface area contributed by atoms with Crippen LogP contribution in [0.4, 0.5) is 0 Å². The molecule has 0 saturated heterocycles. The van der Waals surface area contributed by atoms with E-state index in [0.717, 1.165) is 85.5 Å². The fourth-order valence-electron chi connectivity index (χ4n) is 9.02. The van der Waals surface area contributed by atoms with Crippen LogP contribution >= 0.6 is 0 Å². The number of aliphatic hydroxyl groups is 1. The first-order chi connectivity index (χ1) is 30.3. The Morgan fingerprint density at radius 1 is 0.812 bits per heavy atom. The number of methoxy groups -OCH3 is 2. The summed E-state index contributed by atoms with van der Waals surface area (Å²) in [5.41, 5.74) is 11.3. The quantitative estimate of drug-likeness (QED) is 0.110.